The van der Waals surface area contributed by atoms with E-state index in [1.165, 1.54) is 19.4 Å². The summed E-state index contributed by atoms with van der Waals surface area (Å²) in [5.41, 5.74) is 1.05. The summed E-state index contributed by atoms with van der Waals surface area (Å²) in [4.78, 5) is 11.1. The maximum Gasteiger partial charge on any atom is 0.347 e. The SMILES string of the molecule is CC(C)c1cnn(Cc2ccc(OC(C)(C)C(=O)O)cc2)c1. The Balaban J connectivity index is 2.04. The average Bonchev–Trinajstić information content (AvgIpc) is 2.89. The molecule has 0 radical (unpaired) electrons. The third-order valence-electron chi connectivity index (χ3n) is 3.48. The van der Waals surface area contributed by atoms with Gasteiger partial charge in [0.1, 0.15) is 5.75 Å². The molecule has 0 aliphatic rings. The molecule has 0 aliphatic carbocycles. The van der Waals surface area contributed by atoms with Gasteiger partial charge in [-0.25, -0.2) is 4.79 Å². The first-order valence-electron chi connectivity index (χ1n) is 7.31. The van der Waals surface area contributed by atoms with Crippen LogP contribution in [0.5, 0.6) is 5.75 Å². The largest absolute Gasteiger partial charge is 0.478 e. The number of carbonyl (C=O) groups is 1. The number of aliphatic carboxylic acids is 1. The summed E-state index contributed by atoms with van der Waals surface area (Å²) in [7, 11) is 0. The third kappa shape index (κ3) is 3.87. The molecule has 5 nitrogen and oxygen atoms in total. The minimum absolute atomic E-state index is 0.461. The predicted molar refractivity (Wildman–Crippen MR) is 84.2 cm³/mol. The first kappa shape index (κ1) is 16.1. The van der Waals surface area contributed by atoms with Crippen molar-refractivity contribution in [2.45, 2.75) is 45.8 Å². The van der Waals surface area contributed by atoms with Crippen LogP contribution in [-0.4, -0.2) is 26.5 Å². The second kappa shape index (κ2) is 6.22. The van der Waals surface area contributed by atoms with E-state index in [1.54, 1.807) is 12.1 Å². The molecule has 0 saturated heterocycles. The van der Waals surface area contributed by atoms with Crippen LogP contribution in [0.15, 0.2) is 36.7 Å². The zero-order valence-corrected chi connectivity index (χ0v) is 13.4. The summed E-state index contributed by atoms with van der Waals surface area (Å²) in [5.74, 6) is 0.0107. The first-order valence-corrected chi connectivity index (χ1v) is 7.31. The Labute approximate surface area is 130 Å². The van der Waals surface area contributed by atoms with Gasteiger partial charge in [0.05, 0.1) is 12.7 Å². The molecule has 22 heavy (non-hydrogen) atoms. The Morgan fingerprint density at radius 2 is 1.95 bits per heavy atom. The van der Waals surface area contributed by atoms with Crippen molar-refractivity contribution in [3.63, 3.8) is 0 Å². The van der Waals surface area contributed by atoms with E-state index in [-0.39, 0.29) is 0 Å². The molecular formula is C17H22N2O3. The van der Waals surface area contributed by atoms with Crippen LogP contribution in [0, 0.1) is 0 Å². The molecule has 2 aromatic rings. The Morgan fingerprint density at radius 1 is 1.32 bits per heavy atom. The van der Waals surface area contributed by atoms with Crippen molar-refractivity contribution in [3.8, 4) is 5.75 Å². The zero-order chi connectivity index (χ0) is 16.3. The number of rotatable bonds is 6. The van der Waals surface area contributed by atoms with E-state index in [0.717, 1.165) is 5.56 Å². The number of nitrogens with zero attached hydrogens (tertiary/aromatic N) is 2. The van der Waals surface area contributed by atoms with Crippen molar-refractivity contribution in [3.05, 3.63) is 47.8 Å². The van der Waals surface area contributed by atoms with E-state index >= 15 is 0 Å². The summed E-state index contributed by atoms with van der Waals surface area (Å²) >= 11 is 0. The molecule has 2 rings (SSSR count). The lowest BCUT2D eigenvalue weighted by Crippen LogP contribution is -2.37. The van der Waals surface area contributed by atoms with Gasteiger partial charge in [-0.2, -0.15) is 5.10 Å². The molecular weight excluding hydrogens is 280 g/mol. The molecule has 0 amide bonds. The van der Waals surface area contributed by atoms with Crippen molar-refractivity contribution in [2.75, 3.05) is 0 Å². The second-order valence-corrected chi connectivity index (χ2v) is 6.19. The van der Waals surface area contributed by atoms with Crippen LogP contribution in [-0.2, 0) is 11.3 Å². The summed E-state index contributed by atoms with van der Waals surface area (Å²) < 4.78 is 7.38. The average molecular weight is 302 g/mol. The Kier molecular flexibility index (Phi) is 4.54. The highest BCUT2D eigenvalue weighted by molar-refractivity contribution is 5.76. The smallest absolute Gasteiger partial charge is 0.347 e. The Bertz CT molecular complexity index is 642. The fourth-order valence-corrected chi connectivity index (χ4v) is 1.95. The monoisotopic (exact) mass is 302 g/mol. The lowest BCUT2D eigenvalue weighted by Gasteiger charge is -2.21. The minimum Gasteiger partial charge on any atom is -0.478 e. The van der Waals surface area contributed by atoms with Crippen molar-refractivity contribution in [1.29, 1.82) is 0 Å². The quantitative estimate of drug-likeness (QED) is 0.889. The maximum atomic E-state index is 11.1. The highest BCUT2D eigenvalue weighted by Crippen LogP contribution is 2.20. The van der Waals surface area contributed by atoms with Gasteiger partial charge in [-0.3, -0.25) is 4.68 Å². The van der Waals surface area contributed by atoms with Crippen LogP contribution < -0.4 is 4.74 Å². The van der Waals surface area contributed by atoms with Crippen molar-refractivity contribution in [2.24, 2.45) is 0 Å². The van der Waals surface area contributed by atoms with E-state index in [1.807, 2.05) is 29.2 Å². The fraction of sp³-hybridized carbons (Fsp3) is 0.412. The third-order valence-corrected chi connectivity index (χ3v) is 3.48. The molecule has 0 saturated carbocycles. The Hall–Kier alpha value is -2.30. The van der Waals surface area contributed by atoms with Crippen LogP contribution in [0.2, 0.25) is 0 Å². The summed E-state index contributed by atoms with van der Waals surface area (Å²) in [5, 5.41) is 13.4. The van der Waals surface area contributed by atoms with Gasteiger partial charge in [0.15, 0.2) is 5.60 Å². The number of benzene rings is 1. The van der Waals surface area contributed by atoms with Crippen LogP contribution in [0.25, 0.3) is 0 Å². The van der Waals surface area contributed by atoms with Gasteiger partial charge in [-0.1, -0.05) is 26.0 Å². The number of ether oxygens (including phenoxy) is 1. The number of hydrogen-bond acceptors (Lipinski definition) is 3. The first-order chi connectivity index (χ1) is 10.3. The van der Waals surface area contributed by atoms with Gasteiger partial charge < -0.3 is 9.84 Å². The molecule has 0 aliphatic heterocycles. The van der Waals surface area contributed by atoms with Gasteiger partial charge in [-0.05, 0) is 43.0 Å². The van der Waals surface area contributed by atoms with Crippen LogP contribution in [0.4, 0.5) is 0 Å². The molecule has 0 fully saturated rings. The summed E-state index contributed by atoms with van der Waals surface area (Å²) in [6, 6.07) is 7.41. The topological polar surface area (TPSA) is 64.4 Å². The fourth-order valence-electron chi connectivity index (χ4n) is 1.95. The van der Waals surface area contributed by atoms with Gasteiger partial charge in [0, 0.05) is 6.20 Å². The minimum atomic E-state index is -1.24. The van der Waals surface area contributed by atoms with Gasteiger partial charge >= 0.3 is 5.97 Å². The number of carboxylic acid groups (broad SMARTS) is 1. The van der Waals surface area contributed by atoms with Gasteiger partial charge in [0.25, 0.3) is 0 Å². The molecule has 1 heterocycles. The Morgan fingerprint density at radius 3 is 2.45 bits per heavy atom. The van der Waals surface area contributed by atoms with Crippen LogP contribution in [0.3, 0.4) is 0 Å². The maximum absolute atomic E-state index is 11.1. The summed E-state index contributed by atoms with van der Waals surface area (Å²) in [6.07, 6.45) is 3.93. The lowest BCUT2D eigenvalue weighted by molar-refractivity contribution is -0.152. The van der Waals surface area contributed by atoms with Crippen LogP contribution in [0.1, 0.15) is 44.7 Å². The molecule has 0 unspecified atom stereocenters. The number of hydrogen-bond donors (Lipinski definition) is 1. The molecule has 5 heteroatoms. The number of aromatic nitrogens is 2. The standard InChI is InChI=1S/C17H22N2O3/c1-12(2)14-9-18-19(11-14)10-13-5-7-15(8-6-13)22-17(3,4)16(20)21/h5-9,11-12H,10H2,1-4H3,(H,20,21). The molecule has 0 bridgehead atoms. The summed E-state index contributed by atoms with van der Waals surface area (Å²) in [6.45, 7) is 8.01. The van der Waals surface area contributed by atoms with E-state index < -0.39 is 11.6 Å². The van der Waals surface area contributed by atoms with Crippen LogP contribution >= 0.6 is 0 Å². The molecule has 118 valence electrons. The zero-order valence-electron chi connectivity index (χ0n) is 13.4. The van der Waals surface area contributed by atoms with E-state index in [4.69, 9.17) is 9.84 Å². The van der Waals surface area contributed by atoms with Crippen molar-refractivity contribution < 1.29 is 14.6 Å². The molecule has 0 spiro atoms. The molecule has 1 aromatic heterocycles. The second-order valence-electron chi connectivity index (χ2n) is 6.19. The predicted octanol–water partition coefficient (Wildman–Crippen LogP) is 3.30. The molecule has 1 aromatic carbocycles. The van der Waals surface area contributed by atoms with Crippen molar-refractivity contribution >= 4 is 5.97 Å². The van der Waals surface area contributed by atoms with E-state index in [2.05, 4.69) is 18.9 Å². The number of carboxylic acids is 1. The lowest BCUT2D eigenvalue weighted by atomic mass is 10.1. The van der Waals surface area contributed by atoms with E-state index in [9.17, 15) is 4.79 Å². The molecule has 1 N–H and O–H groups in total. The highest BCUT2D eigenvalue weighted by Gasteiger charge is 2.29. The van der Waals surface area contributed by atoms with E-state index in [0.29, 0.717) is 18.2 Å². The van der Waals surface area contributed by atoms with Gasteiger partial charge in [-0.15, -0.1) is 0 Å². The van der Waals surface area contributed by atoms with Gasteiger partial charge in [0.2, 0.25) is 0 Å². The highest BCUT2D eigenvalue weighted by atomic mass is 16.5. The molecule has 0 atom stereocenters. The normalized spacial score (nSPS) is 11.7. The van der Waals surface area contributed by atoms with Crippen molar-refractivity contribution in [1.82, 2.24) is 9.78 Å².